The molecule has 2 aromatic heterocycles. The summed E-state index contributed by atoms with van der Waals surface area (Å²) >= 11 is 5.73. The predicted octanol–water partition coefficient (Wildman–Crippen LogP) is 4.79. The first kappa shape index (κ1) is 19.6. The molecule has 0 aliphatic carbocycles. The number of nitrogens with one attached hydrogen (secondary N) is 1. The topological polar surface area (TPSA) is 66.8 Å². The summed E-state index contributed by atoms with van der Waals surface area (Å²) in [5.74, 6) is 1.20. The Hall–Kier alpha value is -3.32. The Morgan fingerprint density at radius 2 is 1.87 bits per heavy atom. The Morgan fingerprint density at radius 1 is 1.13 bits per heavy atom. The van der Waals surface area contributed by atoms with Gasteiger partial charge in [0.1, 0.15) is 15.9 Å². The van der Waals surface area contributed by atoms with Crippen LogP contribution in [0.2, 0.25) is 0 Å². The minimum atomic E-state index is -0.270. The molecule has 0 saturated heterocycles. The summed E-state index contributed by atoms with van der Waals surface area (Å²) in [6.07, 6.45) is 1.87. The van der Waals surface area contributed by atoms with Gasteiger partial charge in [0, 0.05) is 17.4 Å². The maximum absolute atomic E-state index is 13.1. The van der Waals surface area contributed by atoms with Gasteiger partial charge >= 0.3 is 0 Å². The SMILES string of the molecule is CCc1ccc(-n2c(C)nc3nc(N4c5ccccc5C[C@@H]4C)[nH]c(=O)c3c2=S)cc1. The van der Waals surface area contributed by atoms with Crippen LogP contribution in [0.3, 0.4) is 0 Å². The van der Waals surface area contributed by atoms with E-state index < -0.39 is 0 Å². The predicted molar refractivity (Wildman–Crippen MR) is 126 cm³/mol. The fourth-order valence-corrected chi connectivity index (χ4v) is 4.79. The average molecular weight is 430 g/mol. The van der Waals surface area contributed by atoms with Crippen molar-refractivity contribution in [2.24, 2.45) is 0 Å². The van der Waals surface area contributed by atoms with Gasteiger partial charge < -0.3 is 4.90 Å². The first-order chi connectivity index (χ1) is 15.0. The summed E-state index contributed by atoms with van der Waals surface area (Å²) in [6.45, 7) is 6.13. The number of para-hydroxylation sites is 1. The zero-order valence-corrected chi connectivity index (χ0v) is 18.5. The van der Waals surface area contributed by atoms with Crippen LogP contribution in [0.4, 0.5) is 11.6 Å². The molecule has 3 heterocycles. The molecule has 0 spiro atoms. The van der Waals surface area contributed by atoms with Gasteiger partial charge in [0.25, 0.3) is 5.56 Å². The number of benzene rings is 2. The molecule has 2 aromatic carbocycles. The van der Waals surface area contributed by atoms with Gasteiger partial charge in [-0.1, -0.05) is 49.5 Å². The van der Waals surface area contributed by atoms with E-state index in [0.717, 1.165) is 24.2 Å². The highest BCUT2D eigenvalue weighted by Gasteiger charge is 2.29. The lowest BCUT2D eigenvalue weighted by Gasteiger charge is -2.23. The van der Waals surface area contributed by atoms with Crippen LogP contribution in [-0.2, 0) is 12.8 Å². The number of aromatic nitrogens is 4. The van der Waals surface area contributed by atoms with Crippen molar-refractivity contribution in [1.82, 2.24) is 19.5 Å². The number of rotatable bonds is 3. The average Bonchev–Trinajstić information content (AvgIpc) is 3.09. The Balaban J connectivity index is 1.68. The van der Waals surface area contributed by atoms with Gasteiger partial charge in [0.15, 0.2) is 5.65 Å². The Bertz CT molecular complexity index is 1420. The van der Waals surface area contributed by atoms with Crippen LogP contribution in [0.1, 0.15) is 30.8 Å². The zero-order chi connectivity index (χ0) is 21.7. The van der Waals surface area contributed by atoms with Gasteiger partial charge in [0.2, 0.25) is 5.95 Å². The third-order valence-electron chi connectivity index (χ3n) is 5.93. The third kappa shape index (κ3) is 3.16. The molecule has 1 aliphatic heterocycles. The highest BCUT2D eigenvalue weighted by atomic mass is 32.1. The van der Waals surface area contributed by atoms with Crippen LogP contribution in [0.15, 0.2) is 53.3 Å². The largest absolute Gasteiger partial charge is 0.309 e. The molecule has 31 heavy (non-hydrogen) atoms. The van der Waals surface area contributed by atoms with Crippen LogP contribution in [0, 0.1) is 11.6 Å². The second kappa shape index (κ2) is 7.42. The molecule has 156 valence electrons. The maximum atomic E-state index is 13.1. The molecular weight excluding hydrogens is 406 g/mol. The lowest BCUT2D eigenvalue weighted by atomic mass is 10.1. The minimum Gasteiger partial charge on any atom is -0.309 e. The number of nitrogens with zero attached hydrogens (tertiary/aromatic N) is 4. The third-order valence-corrected chi connectivity index (χ3v) is 6.32. The van der Waals surface area contributed by atoms with Crippen molar-refractivity contribution in [3.63, 3.8) is 0 Å². The first-order valence-electron chi connectivity index (χ1n) is 10.5. The van der Waals surface area contributed by atoms with Gasteiger partial charge in [0.05, 0.1) is 0 Å². The quantitative estimate of drug-likeness (QED) is 0.474. The van der Waals surface area contributed by atoms with Crippen LogP contribution >= 0.6 is 12.2 Å². The minimum absolute atomic E-state index is 0.188. The van der Waals surface area contributed by atoms with Crippen LogP contribution in [0.5, 0.6) is 0 Å². The van der Waals surface area contributed by atoms with Crippen molar-refractivity contribution < 1.29 is 0 Å². The Morgan fingerprint density at radius 3 is 2.61 bits per heavy atom. The molecular formula is C24H23N5OS. The summed E-state index contributed by atoms with van der Waals surface area (Å²) in [5.41, 5.74) is 4.54. The van der Waals surface area contributed by atoms with E-state index in [0.29, 0.717) is 27.4 Å². The molecule has 0 amide bonds. The van der Waals surface area contributed by atoms with E-state index >= 15 is 0 Å². The van der Waals surface area contributed by atoms with E-state index in [1.165, 1.54) is 11.1 Å². The summed E-state index contributed by atoms with van der Waals surface area (Å²) in [4.78, 5) is 27.6. The molecule has 6 nitrogen and oxygen atoms in total. The summed E-state index contributed by atoms with van der Waals surface area (Å²) in [7, 11) is 0. The van der Waals surface area contributed by atoms with E-state index in [2.05, 4.69) is 53.0 Å². The lowest BCUT2D eigenvalue weighted by molar-refractivity contribution is 0.739. The van der Waals surface area contributed by atoms with Crippen LogP contribution in [-0.4, -0.2) is 25.6 Å². The number of anilines is 2. The van der Waals surface area contributed by atoms with E-state index in [4.69, 9.17) is 17.2 Å². The van der Waals surface area contributed by atoms with Gasteiger partial charge in [-0.2, -0.15) is 4.98 Å². The van der Waals surface area contributed by atoms with Crippen LogP contribution < -0.4 is 10.5 Å². The lowest BCUT2D eigenvalue weighted by Crippen LogP contribution is -2.28. The van der Waals surface area contributed by atoms with Crippen molar-refractivity contribution in [2.45, 2.75) is 39.7 Å². The maximum Gasteiger partial charge on any atom is 0.264 e. The zero-order valence-electron chi connectivity index (χ0n) is 17.7. The molecule has 1 N–H and O–H groups in total. The second-order valence-corrected chi connectivity index (χ2v) is 8.35. The van der Waals surface area contributed by atoms with Crippen molar-refractivity contribution >= 4 is 34.9 Å². The fourth-order valence-electron chi connectivity index (χ4n) is 4.37. The molecule has 5 rings (SSSR count). The number of aromatic amines is 1. The number of hydrogen-bond acceptors (Lipinski definition) is 5. The van der Waals surface area contributed by atoms with Crippen LogP contribution in [0.25, 0.3) is 16.7 Å². The van der Waals surface area contributed by atoms with Crippen molar-refractivity contribution in [3.05, 3.63) is 80.5 Å². The summed E-state index contributed by atoms with van der Waals surface area (Å²) in [6, 6.07) is 16.5. The fraction of sp³-hybridized carbons (Fsp3) is 0.250. The van der Waals surface area contributed by atoms with Crippen molar-refractivity contribution in [2.75, 3.05) is 4.90 Å². The smallest absolute Gasteiger partial charge is 0.264 e. The molecule has 0 radical (unpaired) electrons. The molecule has 1 aliphatic rings. The van der Waals surface area contributed by atoms with E-state index in [1.807, 2.05) is 35.8 Å². The molecule has 0 saturated carbocycles. The van der Waals surface area contributed by atoms with Gasteiger partial charge in [-0.3, -0.25) is 14.3 Å². The monoisotopic (exact) mass is 429 g/mol. The molecule has 0 bridgehead atoms. The second-order valence-electron chi connectivity index (χ2n) is 7.96. The molecule has 0 fully saturated rings. The van der Waals surface area contributed by atoms with E-state index in [9.17, 15) is 4.79 Å². The molecule has 1 atom stereocenters. The number of hydrogen-bond donors (Lipinski definition) is 1. The molecule has 0 unspecified atom stereocenters. The van der Waals surface area contributed by atoms with E-state index in [-0.39, 0.29) is 11.6 Å². The Labute approximate surface area is 185 Å². The molecule has 4 aromatic rings. The van der Waals surface area contributed by atoms with Crippen molar-refractivity contribution in [3.8, 4) is 5.69 Å². The first-order valence-corrected chi connectivity index (χ1v) is 10.9. The highest BCUT2D eigenvalue weighted by Crippen LogP contribution is 2.36. The Kier molecular flexibility index (Phi) is 4.70. The van der Waals surface area contributed by atoms with Gasteiger partial charge in [-0.05, 0) is 56.0 Å². The normalized spacial score (nSPS) is 15.5. The highest BCUT2D eigenvalue weighted by molar-refractivity contribution is 7.71. The van der Waals surface area contributed by atoms with Crippen molar-refractivity contribution in [1.29, 1.82) is 0 Å². The van der Waals surface area contributed by atoms with E-state index in [1.54, 1.807) is 0 Å². The summed E-state index contributed by atoms with van der Waals surface area (Å²) in [5, 5.41) is 0.337. The summed E-state index contributed by atoms with van der Waals surface area (Å²) < 4.78 is 2.25. The standard InChI is InChI=1S/C24H23N5OS/c1-4-16-9-11-18(12-10-16)29-15(3)25-21-20(23(29)31)22(30)27-24(26-21)28-14(2)13-17-7-5-6-8-19(17)28/h5-12,14H,4,13H2,1-3H3,(H,26,27,30)/t14-/m0/s1. The number of aryl methyl sites for hydroxylation is 2. The van der Waals surface area contributed by atoms with Gasteiger partial charge in [-0.25, -0.2) is 4.98 Å². The number of H-pyrrole nitrogens is 1. The van der Waals surface area contributed by atoms with Gasteiger partial charge in [-0.15, -0.1) is 0 Å². The molecule has 7 heteroatoms. The number of fused-ring (bicyclic) bond motifs is 2.